The highest BCUT2D eigenvalue weighted by Gasteiger charge is 2.27. The van der Waals surface area contributed by atoms with E-state index in [9.17, 15) is 14.0 Å². The van der Waals surface area contributed by atoms with Gasteiger partial charge in [-0.2, -0.15) is 0 Å². The number of carbonyl (C=O) groups is 2. The van der Waals surface area contributed by atoms with Crippen molar-refractivity contribution < 1.29 is 18.7 Å². The molecule has 4 rings (SSSR count). The van der Waals surface area contributed by atoms with Crippen molar-refractivity contribution in [1.29, 1.82) is 0 Å². The van der Waals surface area contributed by atoms with Gasteiger partial charge in [-0.05, 0) is 24.1 Å². The number of hydrogen-bond acceptors (Lipinski definition) is 7. The highest BCUT2D eigenvalue weighted by molar-refractivity contribution is 7.17. The van der Waals surface area contributed by atoms with Crippen molar-refractivity contribution in [3.8, 4) is 0 Å². The van der Waals surface area contributed by atoms with Crippen molar-refractivity contribution >= 4 is 28.3 Å². The fraction of sp³-hybridized carbons (Fsp3) is 0.391. The lowest BCUT2D eigenvalue weighted by atomic mass is 10.0. The second-order valence-corrected chi connectivity index (χ2v) is 8.94. The maximum atomic E-state index is 13.3. The lowest BCUT2D eigenvalue weighted by molar-refractivity contribution is -0.136. The van der Waals surface area contributed by atoms with Gasteiger partial charge in [-0.15, -0.1) is 0 Å². The Labute approximate surface area is 201 Å². The van der Waals surface area contributed by atoms with Gasteiger partial charge in [0.2, 0.25) is 5.91 Å². The Bertz CT molecular complexity index is 1070. The van der Waals surface area contributed by atoms with Gasteiger partial charge in [-0.3, -0.25) is 9.59 Å². The Balaban J connectivity index is 1.36. The Morgan fingerprint density at radius 3 is 2.74 bits per heavy atom. The number of hydrogen-bond donors (Lipinski definition) is 2. The van der Waals surface area contributed by atoms with Gasteiger partial charge in [-0.25, -0.2) is 14.4 Å². The molecule has 1 aliphatic heterocycles. The summed E-state index contributed by atoms with van der Waals surface area (Å²) in [5.41, 5.74) is 0.827. The monoisotopic (exact) mass is 486 g/mol. The van der Waals surface area contributed by atoms with Crippen LogP contribution in [0.4, 0.5) is 9.52 Å². The molecular formula is C23H27FN6O3S. The lowest BCUT2D eigenvalue weighted by Gasteiger charge is -2.30. The van der Waals surface area contributed by atoms with E-state index in [4.69, 9.17) is 4.74 Å². The third-order valence-electron chi connectivity index (χ3n) is 5.44. The average Bonchev–Trinajstić information content (AvgIpc) is 3.55. The summed E-state index contributed by atoms with van der Waals surface area (Å²) in [6.07, 6.45) is 7.99. The number of ether oxygens (including phenoxy) is 1. The number of benzene rings is 1. The summed E-state index contributed by atoms with van der Waals surface area (Å²) < 4.78 is 20.6. The van der Waals surface area contributed by atoms with E-state index in [0.717, 1.165) is 18.5 Å². The van der Waals surface area contributed by atoms with Crippen LogP contribution in [0.1, 0.15) is 21.7 Å². The number of morpholine rings is 1. The van der Waals surface area contributed by atoms with E-state index < -0.39 is 6.04 Å². The van der Waals surface area contributed by atoms with Gasteiger partial charge in [0.05, 0.1) is 25.7 Å². The molecule has 0 spiro atoms. The Hall–Kier alpha value is -3.31. The minimum Gasteiger partial charge on any atom is -0.378 e. The predicted molar refractivity (Wildman–Crippen MR) is 126 cm³/mol. The third kappa shape index (κ3) is 6.61. The molecular weight excluding hydrogens is 459 g/mol. The maximum absolute atomic E-state index is 13.3. The summed E-state index contributed by atoms with van der Waals surface area (Å²) in [5, 5.41) is 6.57. The first-order chi connectivity index (χ1) is 16.6. The quantitative estimate of drug-likeness (QED) is 0.426. The number of rotatable bonds is 10. The zero-order valence-electron chi connectivity index (χ0n) is 18.7. The smallest absolute Gasteiger partial charge is 0.263 e. The summed E-state index contributed by atoms with van der Waals surface area (Å²) in [4.78, 5) is 36.2. The number of nitrogens with one attached hydrogen (secondary N) is 2. The summed E-state index contributed by atoms with van der Waals surface area (Å²) in [6.45, 7) is 3.33. The molecule has 0 radical (unpaired) electrons. The topological polar surface area (TPSA) is 101 Å². The highest BCUT2D eigenvalue weighted by atomic mass is 32.1. The van der Waals surface area contributed by atoms with Gasteiger partial charge >= 0.3 is 0 Å². The van der Waals surface area contributed by atoms with E-state index in [1.54, 1.807) is 29.6 Å². The molecule has 0 saturated carbocycles. The number of thiazole rings is 1. The number of anilines is 1. The largest absolute Gasteiger partial charge is 0.378 e. The number of imidazole rings is 1. The van der Waals surface area contributed by atoms with Crippen LogP contribution in [-0.2, 0) is 22.5 Å². The van der Waals surface area contributed by atoms with Crippen molar-refractivity contribution in [2.45, 2.75) is 25.4 Å². The zero-order chi connectivity index (χ0) is 23.8. The van der Waals surface area contributed by atoms with Crippen LogP contribution in [0.5, 0.6) is 0 Å². The maximum Gasteiger partial charge on any atom is 0.263 e. The molecule has 3 aromatic rings. The first-order valence-electron chi connectivity index (χ1n) is 11.2. The highest BCUT2D eigenvalue weighted by Crippen LogP contribution is 2.21. The van der Waals surface area contributed by atoms with Crippen LogP contribution >= 0.6 is 11.3 Å². The summed E-state index contributed by atoms with van der Waals surface area (Å²) in [7, 11) is 0. The summed E-state index contributed by atoms with van der Waals surface area (Å²) in [6, 6.07) is 5.50. The van der Waals surface area contributed by atoms with Gasteiger partial charge in [0.1, 0.15) is 16.7 Å². The molecule has 11 heteroatoms. The standard InChI is InChI=1S/C23H27FN6O3S/c24-18-4-2-17(3-5-18)14-19(22(32)30-10-12-33-13-11-30)28-23-27-15-20(34-23)21(31)26-6-1-8-29-9-7-25-16-29/h2-5,7,9,15-16,19H,1,6,8,10-14H2,(H,26,31)(H,27,28). The van der Waals surface area contributed by atoms with E-state index in [-0.39, 0.29) is 17.6 Å². The van der Waals surface area contributed by atoms with Crippen LogP contribution in [0.15, 0.2) is 49.2 Å². The molecule has 2 aromatic heterocycles. The first kappa shape index (κ1) is 23.8. The molecule has 1 aromatic carbocycles. The molecule has 180 valence electrons. The summed E-state index contributed by atoms with van der Waals surface area (Å²) >= 11 is 1.20. The molecule has 34 heavy (non-hydrogen) atoms. The van der Waals surface area contributed by atoms with Crippen LogP contribution in [0, 0.1) is 5.82 Å². The molecule has 0 aliphatic carbocycles. The minimum atomic E-state index is -0.596. The van der Waals surface area contributed by atoms with Crippen LogP contribution in [-0.4, -0.2) is 70.1 Å². The number of halogens is 1. The third-order valence-corrected chi connectivity index (χ3v) is 6.37. The molecule has 3 heterocycles. The van der Waals surface area contributed by atoms with Crippen molar-refractivity contribution in [3.05, 3.63) is 65.4 Å². The fourth-order valence-electron chi connectivity index (χ4n) is 3.62. The van der Waals surface area contributed by atoms with E-state index in [2.05, 4.69) is 20.6 Å². The SMILES string of the molecule is O=C(NCCCn1ccnc1)c1cnc(NC(Cc2ccc(F)cc2)C(=O)N2CCOCC2)s1. The van der Waals surface area contributed by atoms with Crippen molar-refractivity contribution in [2.75, 3.05) is 38.2 Å². The normalized spacial score (nSPS) is 14.6. The molecule has 1 unspecified atom stereocenters. The molecule has 1 saturated heterocycles. The Kier molecular flexibility index (Phi) is 8.21. The van der Waals surface area contributed by atoms with Crippen LogP contribution in [0.2, 0.25) is 0 Å². The van der Waals surface area contributed by atoms with Crippen LogP contribution < -0.4 is 10.6 Å². The van der Waals surface area contributed by atoms with Gasteiger partial charge in [0.15, 0.2) is 5.13 Å². The van der Waals surface area contributed by atoms with Gasteiger partial charge in [0.25, 0.3) is 5.91 Å². The molecule has 9 nitrogen and oxygen atoms in total. The fourth-order valence-corrected chi connectivity index (χ4v) is 4.41. The van der Waals surface area contributed by atoms with E-state index in [1.807, 2.05) is 10.8 Å². The van der Waals surface area contributed by atoms with Gasteiger partial charge in [0, 0.05) is 45.0 Å². The molecule has 1 aliphatic rings. The number of aryl methyl sites for hydroxylation is 1. The van der Waals surface area contributed by atoms with Gasteiger partial charge in [-0.1, -0.05) is 23.5 Å². The molecule has 2 amide bonds. The average molecular weight is 487 g/mol. The number of aromatic nitrogens is 3. The van der Waals surface area contributed by atoms with Crippen LogP contribution in [0.25, 0.3) is 0 Å². The molecule has 1 fully saturated rings. The number of nitrogens with zero attached hydrogens (tertiary/aromatic N) is 4. The molecule has 1 atom stereocenters. The van der Waals surface area contributed by atoms with E-state index in [0.29, 0.717) is 49.3 Å². The summed E-state index contributed by atoms with van der Waals surface area (Å²) in [5.74, 6) is -0.604. The second-order valence-electron chi connectivity index (χ2n) is 7.90. The van der Waals surface area contributed by atoms with Crippen molar-refractivity contribution in [3.63, 3.8) is 0 Å². The van der Waals surface area contributed by atoms with Gasteiger partial charge < -0.3 is 24.8 Å². The predicted octanol–water partition coefficient (Wildman–Crippen LogP) is 2.18. The van der Waals surface area contributed by atoms with Crippen molar-refractivity contribution in [2.24, 2.45) is 0 Å². The Morgan fingerprint density at radius 2 is 2.00 bits per heavy atom. The van der Waals surface area contributed by atoms with E-state index in [1.165, 1.54) is 29.7 Å². The number of amides is 2. The molecule has 0 bridgehead atoms. The minimum absolute atomic E-state index is 0.0756. The lowest BCUT2D eigenvalue weighted by Crippen LogP contribution is -2.48. The molecule has 2 N–H and O–H groups in total. The first-order valence-corrected chi connectivity index (χ1v) is 12.0. The van der Waals surface area contributed by atoms with Crippen LogP contribution in [0.3, 0.4) is 0 Å². The van der Waals surface area contributed by atoms with Crippen molar-refractivity contribution in [1.82, 2.24) is 24.8 Å². The second kappa shape index (κ2) is 11.7. The van der Waals surface area contributed by atoms with E-state index >= 15 is 0 Å². The number of carbonyl (C=O) groups excluding carboxylic acids is 2. The zero-order valence-corrected chi connectivity index (χ0v) is 19.5. The Morgan fingerprint density at radius 1 is 1.21 bits per heavy atom.